The fourth-order valence-electron chi connectivity index (χ4n) is 3.93. The molecule has 7 heteroatoms. The van der Waals surface area contributed by atoms with E-state index in [0.717, 1.165) is 37.1 Å². The number of hydrogen-bond acceptors (Lipinski definition) is 3. The lowest BCUT2D eigenvalue weighted by atomic mass is 9.83. The number of hydrogen-bond donors (Lipinski definition) is 2. The van der Waals surface area contributed by atoms with Crippen LogP contribution < -0.4 is 10.6 Å². The highest BCUT2D eigenvalue weighted by atomic mass is 127. The predicted octanol–water partition coefficient (Wildman–Crippen LogP) is 2.87. The number of aliphatic imine (C=N–C) groups is 1. The standard InChI is InChI=1S/C17H30N6.HI/c1-3-17(9-5-6-10-17)13-20-16(18-2)19-12-15-22-21-14-8-4-7-11-23(14)15;/h3-13H2,1-2H3,(H2,18,19,20);1H. The summed E-state index contributed by atoms with van der Waals surface area (Å²) in [6.45, 7) is 5.06. The van der Waals surface area contributed by atoms with Gasteiger partial charge in [0.15, 0.2) is 11.8 Å². The van der Waals surface area contributed by atoms with Crippen LogP contribution in [0.25, 0.3) is 0 Å². The molecular weight excluding hydrogens is 415 g/mol. The minimum Gasteiger partial charge on any atom is -0.356 e. The van der Waals surface area contributed by atoms with Gasteiger partial charge in [-0.1, -0.05) is 19.8 Å². The summed E-state index contributed by atoms with van der Waals surface area (Å²) >= 11 is 0. The molecule has 0 spiro atoms. The first-order valence-corrected chi connectivity index (χ1v) is 9.12. The lowest BCUT2D eigenvalue weighted by Gasteiger charge is -2.28. The molecule has 0 radical (unpaired) electrons. The van der Waals surface area contributed by atoms with Gasteiger partial charge in [-0.2, -0.15) is 0 Å². The third-order valence-electron chi connectivity index (χ3n) is 5.62. The largest absolute Gasteiger partial charge is 0.356 e. The van der Waals surface area contributed by atoms with Crippen molar-refractivity contribution in [1.29, 1.82) is 0 Å². The third kappa shape index (κ3) is 4.40. The van der Waals surface area contributed by atoms with Gasteiger partial charge >= 0.3 is 0 Å². The number of nitrogens with one attached hydrogen (secondary N) is 2. The van der Waals surface area contributed by atoms with E-state index in [9.17, 15) is 0 Å². The zero-order chi connectivity index (χ0) is 16.1. The Hall–Kier alpha value is -0.860. The molecule has 2 aliphatic rings. The van der Waals surface area contributed by atoms with E-state index in [-0.39, 0.29) is 24.0 Å². The molecule has 24 heavy (non-hydrogen) atoms. The molecule has 3 rings (SSSR count). The van der Waals surface area contributed by atoms with Crippen molar-refractivity contribution in [3.8, 4) is 0 Å². The van der Waals surface area contributed by atoms with Gasteiger partial charge in [-0.3, -0.25) is 4.99 Å². The van der Waals surface area contributed by atoms with Crippen LogP contribution in [0.15, 0.2) is 4.99 Å². The molecule has 0 bridgehead atoms. The SMILES string of the molecule is CCC1(CNC(=NC)NCc2nnc3n2CCCC3)CCCC1.I. The first-order chi connectivity index (χ1) is 11.3. The summed E-state index contributed by atoms with van der Waals surface area (Å²) in [4.78, 5) is 4.36. The monoisotopic (exact) mass is 446 g/mol. The normalized spacial score (nSPS) is 19.5. The van der Waals surface area contributed by atoms with E-state index in [4.69, 9.17) is 0 Å². The van der Waals surface area contributed by atoms with Crippen molar-refractivity contribution in [2.24, 2.45) is 10.4 Å². The summed E-state index contributed by atoms with van der Waals surface area (Å²) in [7, 11) is 1.84. The first kappa shape index (κ1) is 19.5. The average molecular weight is 446 g/mol. The number of aromatic nitrogens is 3. The Bertz CT molecular complexity index is 547. The molecular formula is C17H31IN6. The minimum absolute atomic E-state index is 0. The van der Waals surface area contributed by atoms with Crippen LogP contribution in [0.3, 0.4) is 0 Å². The molecule has 2 heterocycles. The smallest absolute Gasteiger partial charge is 0.191 e. The maximum atomic E-state index is 4.36. The molecule has 1 aliphatic heterocycles. The Morgan fingerprint density at radius 3 is 2.67 bits per heavy atom. The molecule has 0 unspecified atom stereocenters. The van der Waals surface area contributed by atoms with Crippen LogP contribution in [-0.4, -0.2) is 34.3 Å². The molecule has 0 atom stereocenters. The van der Waals surface area contributed by atoms with Crippen molar-refractivity contribution >= 4 is 29.9 Å². The lowest BCUT2D eigenvalue weighted by molar-refractivity contribution is 0.283. The summed E-state index contributed by atoms with van der Waals surface area (Å²) in [6, 6.07) is 0. The van der Waals surface area contributed by atoms with Gasteiger partial charge < -0.3 is 15.2 Å². The molecule has 1 fully saturated rings. The van der Waals surface area contributed by atoms with Gasteiger partial charge in [-0.15, -0.1) is 34.2 Å². The third-order valence-corrected chi connectivity index (χ3v) is 5.62. The summed E-state index contributed by atoms with van der Waals surface area (Å²) in [5, 5.41) is 15.6. The summed E-state index contributed by atoms with van der Waals surface area (Å²) < 4.78 is 2.26. The maximum Gasteiger partial charge on any atom is 0.191 e. The number of rotatable bonds is 5. The Balaban J connectivity index is 0.00000208. The molecule has 2 N–H and O–H groups in total. The topological polar surface area (TPSA) is 67.1 Å². The van der Waals surface area contributed by atoms with Gasteiger partial charge in [-0.25, -0.2) is 0 Å². The second kappa shape index (κ2) is 9.01. The van der Waals surface area contributed by atoms with E-state index in [1.807, 2.05) is 7.05 Å². The van der Waals surface area contributed by atoms with E-state index in [0.29, 0.717) is 12.0 Å². The van der Waals surface area contributed by atoms with Crippen molar-refractivity contribution in [2.75, 3.05) is 13.6 Å². The van der Waals surface area contributed by atoms with Crippen LogP contribution in [0.2, 0.25) is 0 Å². The van der Waals surface area contributed by atoms with Crippen molar-refractivity contribution in [2.45, 2.75) is 71.4 Å². The van der Waals surface area contributed by atoms with E-state index < -0.39 is 0 Å². The van der Waals surface area contributed by atoms with Crippen molar-refractivity contribution in [3.63, 3.8) is 0 Å². The van der Waals surface area contributed by atoms with Gasteiger partial charge in [0, 0.05) is 26.6 Å². The fourth-order valence-corrected chi connectivity index (χ4v) is 3.93. The van der Waals surface area contributed by atoms with Crippen molar-refractivity contribution < 1.29 is 0 Å². The van der Waals surface area contributed by atoms with E-state index in [1.165, 1.54) is 44.9 Å². The number of nitrogens with zero attached hydrogens (tertiary/aromatic N) is 4. The van der Waals surface area contributed by atoms with Gasteiger partial charge in [0.1, 0.15) is 5.82 Å². The highest BCUT2D eigenvalue weighted by Gasteiger charge is 2.31. The minimum atomic E-state index is 0. The average Bonchev–Trinajstić information content (AvgIpc) is 3.23. The van der Waals surface area contributed by atoms with E-state index in [2.05, 4.69) is 37.3 Å². The lowest BCUT2D eigenvalue weighted by Crippen LogP contribution is -2.42. The Kier molecular flexibility index (Phi) is 7.31. The predicted molar refractivity (Wildman–Crippen MR) is 108 cm³/mol. The van der Waals surface area contributed by atoms with Crippen LogP contribution in [0.5, 0.6) is 0 Å². The first-order valence-electron chi connectivity index (χ1n) is 9.12. The van der Waals surface area contributed by atoms with Gasteiger partial charge in [0.05, 0.1) is 6.54 Å². The Labute approximate surface area is 162 Å². The number of fused-ring (bicyclic) bond motifs is 1. The van der Waals surface area contributed by atoms with Crippen LogP contribution in [0.4, 0.5) is 0 Å². The van der Waals surface area contributed by atoms with Gasteiger partial charge in [-0.05, 0) is 37.5 Å². The Morgan fingerprint density at radius 1 is 1.17 bits per heavy atom. The summed E-state index contributed by atoms with van der Waals surface area (Å²) in [5.41, 5.74) is 0.464. The fraction of sp³-hybridized carbons (Fsp3) is 0.824. The van der Waals surface area contributed by atoms with Crippen LogP contribution >= 0.6 is 24.0 Å². The number of aryl methyl sites for hydroxylation is 1. The molecule has 1 aromatic heterocycles. The molecule has 0 saturated heterocycles. The van der Waals surface area contributed by atoms with Crippen LogP contribution in [0, 0.1) is 5.41 Å². The molecule has 1 saturated carbocycles. The Morgan fingerprint density at radius 2 is 1.96 bits per heavy atom. The van der Waals surface area contributed by atoms with Crippen LogP contribution in [-0.2, 0) is 19.5 Å². The zero-order valence-corrected chi connectivity index (χ0v) is 17.3. The molecule has 1 aromatic rings. The summed E-state index contributed by atoms with van der Waals surface area (Å²) in [5.74, 6) is 3.03. The molecule has 6 nitrogen and oxygen atoms in total. The quantitative estimate of drug-likeness (QED) is 0.415. The highest BCUT2D eigenvalue weighted by Crippen LogP contribution is 2.40. The number of guanidine groups is 1. The molecule has 1 aliphatic carbocycles. The van der Waals surface area contributed by atoms with Gasteiger partial charge in [0.25, 0.3) is 0 Å². The van der Waals surface area contributed by atoms with Crippen molar-refractivity contribution in [3.05, 3.63) is 11.6 Å². The summed E-state index contributed by atoms with van der Waals surface area (Å²) in [6.07, 6.45) is 10.2. The second-order valence-electron chi connectivity index (χ2n) is 6.98. The van der Waals surface area contributed by atoms with E-state index >= 15 is 0 Å². The van der Waals surface area contributed by atoms with Gasteiger partial charge in [0.2, 0.25) is 0 Å². The van der Waals surface area contributed by atoms with E-state index in [1.54, 1.807) is 0 Å². The maximum absolute atomic E-state index is 4.36. The zero-order valence-electron chi connectivity index (χ0n) is 15.0. The molecule has 0 aromatic carbocycles. The highest BCUT2D eigenvalue weighted by molar-refractivity contribution is 14.0. The molecule has 0 amide bonds. The molecule has 136 valence electrons. The number of halogens is 1. The van der Waals surface area contributed by atoms with Crippen molar-refractivity contribution in [1.82, 2.24) is 25.4 Å². The van der Waals surface area contributed by atoms with Crippen LogP contribution in [0.1, 0.15) is 63.5 Å². The second-order valence-corrected chi connectivity index (χ2v) is 6.98.